The number of aromatic nitrogens is 2. The summed E-state index contributed by atoms with van der Waals surface area (Å²) in [5.41, 5.74) is 1.12. The predicted octanol–water partition coefficient (Wildman–Crippen LogP) is 3.36. The van der Waals surface area contributed by atoms with Crippen LogP contribution in [0.4, 0.5) is 0 Å². The molecule has 0 aliphatic carbocycles. The summed E-state index contributed by atoms with van der Waals surface area (Å²) in [5.74, 6) is 1.90. The predicted molar refractivity (Wildman–Crippen MR) is 69.1 cm³/mol. The van der Waals surface area contributed by atoms with Gasteiger partial charge in [0.25, 0.3) is 0 Å². The molecular formula is C14H18N2O. The molecule has 0 saturated heterocycles. The van der Waals surface area contributed by atoms with Crippen LogP contribution in [-0.4, -0.2) is 15.7 Å². The van der Waals surface area contributed by atoms with E-state index in [4.69, 9.17) is 4.74 Å². The molecule has 1 aromatic carbocycles. The molecule has 1 aromatic heterocycles. The third kappa shape index (κ3) is 2.67. The van der Waals surface area contributed by atoms with Crippen molar-refractivity contribution in [2.45, 2.75) is 33.4 Å². The van der Waals surface area contributed by atoms with Crippen molar-refractivity contribution in [3.05, 3.63) is 36.7 Å². The van der Waals surface area contributed by atoms with Crippen LogP contribution >= 0.6 is 0 Å². The van der Waals surface area contributed by atoms with Crippen molar-refractivity contribution in [1.29, 1.82) is 0 Å². The highest BCUT2D eigenvalue weighted by Crippen LogP contribution is 2.21. The lowest BCUT2D eigenvalue weighted by atomic mass is 10.2. The van der Waals surface area contributed by atoms with Gasteiger partial charge in [0.15, 0.2) is 0 Å². The molecule has 2 aromatic rings. The molecule has 0 bridgehead atoms. The van der Waals surface area contributed by atoms with Crippen LogP contribution in [0, 0.1) is 0 Å². The van der Waals surface area contributed by atoms with Gasteiger partial charge in [-0.25, -0.2) is 4.98 Å². The van der Waals surface area contributed by atoms with Crippen LogP contribution in [0.2, 0.25) is 0 Å². The fourth-order valence-corrected chi connectivity index (χ4v) is 1.78. The second-order valence-electron chi connectivity index (χ2n) is 4.23. The Morgan fingerprint density at radius 2 is 1.94 bits per heavy atom. The number of benzene rings is 1. The third-order valence-electron chi connectivity index (χ3n) is 2.54. The van der Waals surface area contributed by atoms with Crippen LogP contribution in [0.15, 0.2) is 36.7 Å². The minimum absolute atomic E-state index is 0.207. The van der Waals surface area contributed by atoms with Crippen molar-refractivity contribution in [1.82, 2.24) is 9.55 Å². The van der Waals surface area contributed by atoms with Gasteiger partial charge < -0.3 is 9.30 Å². The molecule has 1 heterocycles. The lowest BCUT2D eigenvalue weighted by molar-refractivity contribution is 0.242. The minimum atomic E-state index is 0.207. The number of rotatable bonds is 4. The Labute approximate surface area is 102 Å². The normalized spacial score (nSPS) is 10.8. The summed E-state index contributed by atoms with van der Waals surface area (Å²) in [4.78, 5) is 4.37. The highest BCUT2D eigenvalue weighted by molar-refractivity contribution is 5.56. The van der Waals surface area contributed by atoms with Gasteiger partial charge in [-0.05, 0) is 45.0 Å². The van der Waals surface area contributed by atoms with E-state index in [1.807, 2.05) is 50.5 Å². The standard InChI is InChI=1S/C14H18N2O/c1-4-16-10-9-15-14(16)12-5-7-13(8-6-12)17-11(2)3/h5-11H,4H2,1-3H3. The first-order valence-electron chi connectivity index (χ1n) is 5.99. The minimum Gasteiger partial charge on any atom is -0.491 e. The molecule has 0 aliphatic rings. The maximum Gasteiger partial charge on any atom is 0.139 e. The summed E-state index contributed by atoms with van der Waals surface area (Å²) in [6, 6.07) is 8.08. The summed E-state index contributed by atoms with van der Waals surface area (Å²) < 4.78 is 7.74. The van der Waals surface area contributed by atoms with Crippen molar-refractivity contribution >= 4 is 0 Å². The summed E-state index contributed by atoms with van der Waals surface area (Å²) >= 11 is 0. The second kappa shape index (κ2) is 5.04. The zero-order valence-corrected chi connectivity index (χ0v) is 10.6. The molecule has 0 N–H and O–H groups in total. The first-order valence-corrected chi connectivity index (χ1v) is 5.99. The fraction of sp³-hybridized carbons (Fsp3) is 0.357. The molecule has 0 spiro atoms. The number of ether oxygens (including phenoxy) is 1. The van der Waals surface area contributed by atoms with Gasteiger partial charge in [-0.2, -0.15) is 0 Å². The van der Waals surface area contributed by atoms with Crippen LogP contribution < -0.4 is 4.74 Å². The molecule has 0 unspecified atom stereocenters. The van der Waals surface area contributed by atoms with Crippen LogP contribution in [0.25, 0.3) is 11.4 Å². The molecule has 0 fully saturated rings. The van der Waals surface area contributed by atoms with Gasteiger partial charge in [0.2, 0.25) is 0 Å². The highest BCUT2D eigenvalue weighted by Gasteiger charge is 2.05. The molecule has 2 rings (SSSR count). The molecule has 0 atom stereocenters. The van der Waals surface area contributed by atoms with E-state index in [-0.39, 0.29) is 6.10 Å². The molecule has 0 saturated carbocycles. The SMILES string of the molecule is CCn1ccnc1-c1ccc(OC(C)C)cc1. The molecule has 17 heavy (non-hydrogen) atoms. The van der Waals surface area contributed by atoms with E-state index in [1.54, 1.807) is 0 Å². The van der Waals surface area contributed by atoms with E-state index in [9.17, 15) is 0 Å². The average Bonchev–Trinajstić information content (AvgIpc) is 2.77. The van der Waals surface area contributed by atoms with Crippen molar-refractivity contribution < 1.29 is 4.74 Å². The van der Waals surface area contributed by atoms with E-state index in [0.717, 1.165) is 23.7 Å². The van der Waals surface area contributed by atoms with Gasteiger partial charge in [-0.1, -0.05) is 0 Å². The molecule has 0 amide bonds. The van der Waals surface area contributed by atoms with Crippen LogP contribution in [-0.2, 0) is 6.54 Å². The number of imidazole rings is 1. The largest absolute Gasteiger partial charge is 0.491 e. The van der Waals surface area contributed by atoms with Gasteiger partial charge in [-0.3, -0.25) is 0 Å². The molecule has 90 valence electrons. The summed E-state index contributed by atoms with van der Waals surface area (Å²) in [5, 5.41) is 0. The Kier molecular flexibility index (Phi) is 3.47. The number of nitrogens with zero attached hydrogens (tertiary/aromatic N) is 2. The summed E-state index contributed by atoms with van der Waals surface area (Å²) in [6.07, 6.45) is 4.03. The number of hydrogen-bond donors (Lipinski definition) is 0. The molecular weight excluding hydrogens is 212 g/mol. The van der Waals surface area contributed by atoms with Gasteiger partial charge in [0, 0.05) is 24.5 Å². The highest BCUT2D eigenvalue weighted by atomic mass is 16.5. The van der Waals surface area contributed by atoms with Crippen molar-refractivity contribution in [3.63, 3.8) is 0 Å². The van der Waals surface area contributed by atoms with E-state index in [2.05, 4.69) is 16.5 Å². The van der Waals surface area contributed by atoms with Crippen LogP contribution in [0.3, 0.4) is 0 Å². The number of aryl methyl sites for hydroxylation is 1. The Morgan fingerprint density at radius 1 is 1.24 bits per heavy atom. The Bertz CT molecular complexity index is 471. The van der Waals surface area contributed by atoms with Gasteiger partial charge >= 0.3 is 0 Å². The molecule has 3 heteroatoms. The zero-order chi connectivity index (χ0) is 12.3. The van der Waals surface area contributed by atoms with Gasteiger partial charge in [0.1, 0.15) is 11.6 Å². The van der Waals surface area contributed by atoms with E-state index >= 15 is 0 Å². The topological polar surface area (TPSA) is 27.1 Å². The fourth-order valence-electron chi connectivity index (χ4n) is 1.78. The van der Waals surface area contributed by atoms with E-state index in [0.29, 0.717) is 0 Å². The van der Waals surface area contributed by atoms with Crippen molar-refractivity contribution in [2.24, 2.45) is 0 Å². The maximum atomic E-state index is 5.62. The van der Waals surface area contributed by atoms with Gasteiger partial charge in [-0.15, -0.1) is 0 Å². The Balaban J connectivity index is 2.23. The maximum absolute atomic E-state index is 5.62. The molecule has 3 nitrogen and oxygen atoms in total. The van der Waals surface area contributed by atoms with Crippen molar-refractivity contribution in [3.8, 4) is 17.1 Å². The number of hydrogen-bond acceptors (Lipinski definition) is 2. The zero-order valence-electron chi connectivity index (χ0n) is 10.6. The van der Waals surface area contributed by atoms with Gasteiger partial charge in [0.05, 0.1) is 6.10 Å². The van der Waals surface area contributed by atoms with Crippen LogP contribution in [0.5, 0.6) is 5.75 Å². The van der Waals surface area contributed by atoms with E-state index < -0.39 is 0 Å². The van der Waals surface area contributed by atoms with Crippen LogP contribution in [0.1, 0.15) is 20.8 Å². The summed E-state index contributed by atoms with van der Waals surface area (Å²) in [6.45, 7) is 7.09. The molecule has 0 radical (unpaired) electrons. The monoisotopic (exact) mass is 230 g/mol. The van der Waals surface area contributed by atoms with E-state index in [1.165, 1.54) is 0 Å². The Morgan fingerprint density at radius 3 is 2.53 bits per heavy atom. The lowest BCUT2D eigenvalue weighted by Crippen LogP contribution is -2.05. The van der Waals surface area contributed by atoms with Crippen molar-refractivity contribution in [2.75, 3.05) is 0 Å². The quantitative estimate of drug-likeness (QED) is 0.805. The summed E-state index contributed by atoms with van der Waals surface area (Å²) in [7, 11) is 0. The second-order valence-corrected chi connectivity index (χ2v) is 4.23. The first kappa shape index (κ1) is 11.7. The Hall–Kier alpha value is -1.77. The third-order valence-corrected chi connectivity index (χ3v) is 2.54. The first-order chi connectivity index (χ1) is 8.20. The lowest BCUT2D eigenvalue weighted by Gasteiger charge is -2.10. The smallest absolute Gasteiger partial charge is 0.139 e. The average molecular weight is 230 g/mol. The molecule has 0 aliphatic heterocycles.